The molecule has 206 valence electrons. The summed E-state index contributed by atoms with van der Waals surface area (Å²) in [5.41, 5.74) is 1.52. The van der Waals surface area contributed by atoms with Crippen molar-refractivity contribution in [3.63, 3.8) is 0 Å². The molecule has 0 aromatic heterocycles. The van der Waals surface area contributed by atoms with Crippen molar-refractivity contribution in [1.29, 1.82) is 0 Å². The molecule has 4 rings (SSSR count). The number of benzene rings is 3. The van der Waals surface area contributed by atoms with Gasteiger partial charge in [-0.1, -0.05) is 67.4 Å². The van der Waals surface area contributed by atoms with Crippen LogP contribution in [0.2, 0.25) is 0 Å². The molecule has 0 spiro atoms. The molecule has 1 saturated carbocycles. The summed E-state index contributed by atoms with van der Waals surface area (Å²) in [5.74, 6) is -1.69. The van der Waals surface area contributed by atoms with E-state index < -0.39 is 34.3 Å². The Hall–Kier alpha value is -3.72. The summed E-state index contributed by atoms with van der Waals surface area (Å²) in [6.45, 7) is 2.97. The second-order valence-corrected chi connectivity index (χ2v) is 11.8. The largest absolute Gasteiger partial charge is 0.352 e. The maximum atomic E-state index is 15.0. The summed E-state index contributed by atoms with van der Waals surface area (Å²) in [4.78, 5) is 28.5. The lowest BCUT2D eigenvalue weighted by atomic mass is 10.1. The van der Waals surface area contributed by atoms with Crippen molar-refractivity contribution in [1.82, 2.24) is 10.2 Å². The Morgan fingerprint density at radius 1 is 0.949 bits per heavy atom. The molecule has 1 fully saturated rings. The molecule has 0 radical (unpaired) electrons. The number of aryl methyl sites for hydroxylation is 1. The number of carbonyl (C=O) groups excluding carboxylic acids is 2. The zero-order valence-corrected chi connectivity index (χ0v) is 23.0. The number of anilines is 1. The third-order valence-corrected chi connectivity index (χ3v) is 8.98. The van der Waals surface area contributed by atoms with Crippen LogP contribution in [0, 0.1) is 12.7 Å². The van der Waals surface area contributed by atoms with Crippen LogP contribution in [-0.2, 0) is 26.2 Å². The predicted octanol–water partition coefficient (Wildman–Crippen LogP) is 4.81. The highest BCUT2D eigenvalue weighted by Gasteiger charge is 2.34. The van der Waals surface area contributed by atoms with E-state index in [-0.39, 0.29) is 29.1 Å². The first kappa shape index (κ1) is 28.3. The minimum Gasteiger partial charge on any atom is -0.352 e. The van der Waals surface area contributed by atoms with E-state index in [0.717, 1.165) is 47.2 Å². The first-order valence-electron chi connectivity index (χ1n) is 13.1. The number of amides is 2. The monoisotopic (exact) mass is 551 g/mol. The average Bonchev–Trinajstić information content (AvgIpc) is 3.45. The summed E-state index contributed by atoms with van der Waals surface area (Å²) in [6.07, 6.45) is 3.86. The molecule has 3 aromatic rings. The summed E-state index contributed by atoms with van der Waals surface area (Å²) in [6, 6.07) is 19.7. The van der Waals surface area contributed by atoms with Crippen molar-refractivity contribution in [2.45, 2.75) is 63.1 Å². The van der Waals surface area contributed by atoms with Gasteiger partial charge in [0.05, 0.1) is 10.6 Å². The SMILES string of the molecule is Cc1ccccc1CN(C(=O)CN(c1ccccc1F)S(=O)(=O)c1ccccc1)C(C)C(=O)NC1CCCC1. The number of hydrogen-bond acceptors (Lipinski definition) is 4. The van der Waals surface area contributed by atoms with Gasteiger partial charge in [-0.05, 0) is 62.1 Å². The molecular formula is C30H34FN3O4S. The Labute approximate surface area is 229 Å². The molecule has 9 heteroatoms. The fourth-order valence-electron chi connectivity index (χ4n) is 4.83. The Morgan fingerprint density at radius 2 is 1.56 bits per heavy atom. The Balaban J connectivity index is 1.69. The lowest BCUT2D eigenvalue weighted by molar-refractivity contribution is -0.139. The van der Waals surface area contributed by atoms with Crippen LogP contribution in [0.3, 0.4) is 0 Å². The standard InChI is InChI=1S/C30H34FN3O4S/c1-22-12-6-7-13-24(22)20-33(23(2)30(36)32-25-14-8-9-15-25)29(35)21-34(28-19-11-10-18-27(28)31)39(37,38)26-16-4-3-5-17-26/h3-7,10-13,16-19,23,25H,8-9,14-15,20-21H2,1-2H3,(H,32,36). The van der Waals surface area contributed by atoms with Crippen molar-refractivity contribution in [3.05, 3.63) is 95.8 Å². The fraction of sp³-hybridized carbons (Fsp3) is 0.333. The van der Waals surface area contributed by atoms with E-state index in [2.05, 4.69) is 5.32 Å². The van der Waals surface area contributed by atoms with Crippen molar-refractivity contribution in [2.75, 3.05) is 10.8 Å². The van der Waals surface area contributed by atoms with E-state index in [0.29, 0.717) is 0 Å². The number of para-hydroxylation sites is 1. The van der Waals surface area contributed by atoms with Crippen LogP contribution >= 0.6 is 0 Å². The van der Waals surface area contributed by atoms with Gasteiger partial charge in [0.25, 0.3) is 10.0 Å². The Morgan fingerprint density at radius 3 is 2.23 bits per heavy atom. The lowest BCUT2D eigenvalue weighted by Crippen LogP contribution is -2.52. The van der Waals surface area contributed by atoms with Gasteiger partial charge in [0.2, 0.25) is 11.8 Å². The van der Waals surface area contributed by atoms with E-state index in [9.17, 15) is 22.4 Å². The first-order valence-corrected chi connectivity index (χ1v) is 14.6. The van der Waals surface area contributed by atoms with Gasteiger partial charge in [-0.3, -0.25) is 13.9 Å². The van der Waals surface area contributed by atoms with Crippen molar-refractivity contribution < 1.29 is 22.4 Å². The second-order valence-electron chi connectivity index (χ2n) is 9.89. The maximum Gasteiger partial charge on any atom is 0.264 e. The van der Waals surface area contributed by atoms with E-state index in [1.807, 2.05) is 31.2 Å². The first-order chi connectivity index (χ1) is 18.7. The normalized spacial score (nSPS) is 14.5. The quantitative estimate of drug-likeness (QED) is 0.392. The minimum atomic E-state index is -4.31. The third-order valence-electron chi connectivity index (χ3n) is 7.20. The van der Waals surface area contributed by atoms with Gasteiger partial charge >= 0.3 is 0 Å². The summed E-state index contributed by atoms with van der Waals surface area (Å²) in [7, 11) is -4.31. The van der Waals surface area contributed by atoms with E-state index in [1.165, 1.54) is 35.2 Å². The van der Waals surface area contributed by atoms with Crippen LogP contribution in [-0.4, -0.2) is 43.8 Å². The maximum absolute atomic E-state index is 15.0. The van der Waals surface area contributed by atoms with Crippen LogP contribution in [0.1, 0.15) is 43.7 Å². The summed E-state index contributed by atoms with van der Waals surface area (Å²) >= 11 is 0. The van der Waals surface area contributed by atoms with Crippen LogP contribution in [0.15, 0.2) is 83.8 Å². The molecule has 39 heavy (non-hydrogen) atoms. The number of rotatable bonds is 10. The Bertz CT molecular complexity index is 1410. The minimum absolute atomic E-state index is 0.0590. The smallest absolute Gasteiger partial charge is 0.264 e. The summed E-state index contributed by atoms with van der Waals surface area (Å²) < 4.78 is 43.1. The van der Waals surface area contributed by atoms with Gasteiger partial charge in [0, 0.05) is 12.6 Å². The third kappa shape index (κ3) is 6.65. The van der Waals surface area contributed by atoms with Crippen molar-refractivity contribution in [3.8, 4) is 0 Å². The number of hydrogen-bond donors (Lipinski definition) is 1. The van der Waals surface area contributed by atoms with Gasteiger partial charge in [-0.25, -0.2) is 12.8 Å². The van der Waals surface area contributed by atoms with Crippen LogP contribution in [0.25, 0.3) is 0 Å². The van der Waals surface area contributed by atoms with Gasteiger partial charge in [-0.15, -0.1) is 0 Å². The number of carbonyl (C=O) groups is 2. The number of sulfonamides is 1. The van der Waals surface area contributed by atoms with Crippen molar-refractivity contribution in [2.24, 2.45) is 0 Å². The molecule has 1 unspecified atom stereocenters. The van der Waals surface area contributed by atoms with E-state index in [1.54, 1.807) is 25.1 Å². The van der Waals surface area contributed by atoms with Crippen LogP contribution in [0.4, 0.5) is 10.1 Å². The molecule has 1 N–H and O–H groups in total. The second kappa shape index (κ2) is 12.4. The molecule has 0 heterocycles. The number of halogens is 1. The van der Waals surface area contributed by atoms with Gasteiger partial charge in [0.1, 0.15) is 18.4 Å². The molecule has 0 bridgehead atoms. The lowest BCUT2D eigenvalue weighted by Gasteiger charge is -2.33. The fourth-order valence-corrected chi connectivity index (χ4v) is 6.28. The molecule has 0 saturated heterocycles. The average molecular weight is 552 g/mol. The highest BCUT2D eigenvalue weighted by atomic mass is 32.2. The van der Waals surface area contributed by atoms with E-state index in [4.69, 9.17) is 0 Å². The molecule has 2 amide bonds. The molecule has 0 aliphatic heterocycles. The zero-order chi connectivity index (χ0) is 28.0. The molecular weight excluding hydrogens is 517 g/mol. The van der Waals surface area contributed by atoms with Gasteiger partial charge in [-0.2, -0.15) is 0 Å². The number of nitrogens with one attached hydrogen (secondary N) is 1. The predicted molar refractivity (Wildman–Crippen MR) is 149 cm³/mol. The van der Waals surface area contributed by atoms with Gasteiger partial charge in [0.15, 0.2) is 0 Å². The highest BCUT2D eigenvalue weighted by Crippen LogP contribution is 2.27. The van der Waals surface area contributed by atoms with Crippen LogP contribution < -0.4 is 9.62 Å². The van der Waals surface area contributed by atoms with Gasteiger partial charge < -0.3 is 10.2 Å². The Kier molecular flexibility index (Phi) is 9.01. The van der Waals surface area contributed by atoms with Crippen LogP contribution in [0.5, 0.6) is 0 Å². The molecule has 1 aliphatic rings. The molecule has 7 nitrogen and oxygen atoms in total. The highest BCUT2D eigenvalue weighted by molar-refractivity contribution is 7.92. The van der Waals surface area contributed by atoms with Crippen molar-refractivity contribution >= 4 is 27.5 Å². The number of nitrogens with zero attached hydrogens (tertiary/aromatic N) is 2. The van der Waals surface area contributed by atoms with E-state index >= 15 is 0 Å². The topological polar surface area (TPSA) is 86.8 Å². The molecule has 1 aliphatic carbocycles. The molecule has 1 atom stereocenters. The summed E-state index contributed by atoms with van der Waals surface area (Å²) in [5, 5.41) is 3.04. The zero-order valence-electron chi connectivity index (χ0n) is 22.2. The molecule has 3 aromatic carbocycles.